The fourth-order valence-corrected chi connectivity index (χ4v) is 2.71. The number of aromatic nitrogens is 2. The number of allylic oxidation sites excluding steroid dienone is 2. The van der Waals surface area contributed by atoms with Crippen LogP contribution in [0.5, 0.6) is 0 Å². The van der Waals surface area contributed by atoms with Crippen molar-refractivity contribution in [3.8, 4) is 0 Å². The minimum absolute atomic E-state index is 0.0577. The summed E-state index contributed by atoms with van der Waals surface area (Å²) in [6, 6.07) is 0. The number of likely N-dealkylation sites (tertiary alicyclic amines) is 1. The number of imide groups is 1. The van der Waals surface area contributed by atoms with E-state index in [-0.39, 0.29) is 18.4 Å². The van der Waals surface area contributed by atoms with Gasteiger partial charge in [-0.05, 0) is 6.92 Å². The predicted octanol–water partition coefficient (Wildman–Crippen LogP) is 1.09. The van der Waals surface area contributed by atoms with Crippen LogP contribution in [0.25, 0.3) is 0 Å². The summed E-state index contributed by atoms with van der Waals surface area (Å²) in [4.78, 5) is 25.6. The first kappa shape index (κ1) is 12.8. The van der Waals surface area contributed by atoms with Crippen LogP contribution in [-0.2, 0) is 23.2 Å². The van der Waals surface area contributed by atoms with Crippen LogP contribution in [0.2, 0.25) is 0 Å². The number of fused-ring (bicyclic) bond motifs is 1. The van der Waals surface area contributed by atoms with Gasteiger partial charge in [-0.2, -0.15) is 9.49 Å². The van der Waals surface area contributed by atoms with Crippen molar-refractivity contribution in [3.05, 3.63) is 41.5 Å². The number of carbonyl (C=O) groups excluding carboxylic acids is 2. The van der Waals surface area contributed by atoms with E-state index in [2.05, 4.69) is 5.10 Å². The summed E-state index contributed by atoms with van der Waals surface area (Å²) in [7, 11) is 1.49. The second kappa shape index (κ2) is 4.40. The fourth-order valence-electron chi connectivity index (χ4n) is 2.71. The van der Waals surface area contributed by atoms with E-state index < -0.39 is 17.8 Å². The third-order valence-electron chi connectivity index (χ3n) is 3.82. The van der Waals surface area contributed by atoms with Crippen molar-refractivity contribution < 1.29 is 14.0 Å². The van der Waals surface area contributed by atoms with Crippen LogP contribution in [-0.4, -0.2) is 26.5 Å². The zero-order valence-electron chi connectivity index (χ0n) is 11.2. The first-order valence-electron chi connectivity index (χ1n) is 6.39. The average Bonchev–Trinajstić information content (AvgIpc) is 2.82. The van der Waals surface area contributed by atoms with Gasteiger partial charge in [0.2, 0.25) is 17.8 Å². The summed E-state index contributed by atoms with van der Waals surface area (Å²) in [6.07, 6.45) is 6.95. The molecule has 2 aliphatic rings. The lowest BCUT2D eigenvalue weighted by Crippen LogP contribution is -2.30. The average molecular weight is 275 g/mol. The maximum atomic E-state index is 13.9. The van der Waals surface area contributed by atoms with Crippen molar-refractivity contribution >= 4 is 11.8 Å². The lowest BCUT2D eigenvalue weighted by molar-refractivity contribution is -0.140. The third-order valence-corrected chi connectivity index (χ3v) is 3.82. The molecule has 2 unspecified atom stereocenters. The third kappa shape index (κ3) is 1.71. The number of hydrogen-bond donors (Lipinski definition) is 0. The monoisotopic (exact) mass is 275 g/mol. The Morgan fingerprint density at radius 3 is 2.20 bits per heavy atom. The zero-order chi connectivity index (χ0) is 14.4. The van der Waals surface area contributed by atoms with Crippen molar-refractivity contribution in [2.75, 3.05) is 0 Å². The van der Waals surface area contributed by atoms with Gasteiger partial charge in [-0.1, -0.05) is 24.3 Å². The molecule has 104 valence electrons. The van der Waals surface area contributed by atoms with Gasteiger partial charge in [-0.3, -0.25) is 14.5 Å². The molecule has 0 radical (unpaired) electrons. The number of nitrogens with zero attached hydrogens (tertiary/aromatic N) is 3. The molecular formula is C14H14FN3O2. The number of rotatable bonds is 2. The lowest BCUT2D eigenvalue weighted by Gasteiger charge is -2.13. The van der Waals surface area contributed by atoms with Crippen molar-refractivity contribution in [2.45, 2.75) is 13.5 Å². The van der Waals surface area contributed by atoms with E-state index in [1.807, 2.05) is 0 Å². The van der Waals surface area contributed by atoms with Crippen LogP contribution in [0, 0.1) is 24.7 Å². The minimum atomic E-state index is -0.510. The first-order chi connectivity index (χ1) is 9.50. The summed E-state index contributed by atoms with van der Waals surface area (Å²) in [5.74, 6) is -1.96. The Hall–Kier alpha value is -2.24. The van der Waals surface area contributed by atoms with Gasteiger partial charge in [0, 0.05) is 12.6 Å². The highest BCUT2D eigenvalue weighted by Gasteiger charge is 2.45. The number of hydrogen-bond acceptors (Lipinski definition) is 3. The van der Waals surface area contributed by atoms with Gasteiger partial charge in [-0.25, -0.2) is 4.68 Å². The van der Waals surface area contributed by atoms with Gasteiger partial charge in [0.25, 0.3) is 0 Å². The van der Waals surface area contributed by atoms with Crippen LogP contribution in [0.1, 0.15) is 11.3 Å². The standard InChI is InChI=1S/C14H14FN3O2/c1-8-11(12(15)17(2)16-8)7-18-13(19)9-5-3-4-6-10(9)14(18)20/h3-6,9-10H,7H2,1-2H3. The molecule has 1 aromatic heterocycles. The fraction of sp³-hybridized carbons (Fsp3) is 0.357. The van der Waals surface area contributed by atoms with E-state index in [9.17, 15) is 14.0 Å². The van der Waals surface area contributed by atoms with Crippen molar-refractivity contribution in [1.82, 2.24) is 14.7 Å². The molecular weight excluding hydrogens is 261 g/mol. The largest absolute Gasteiger partial charge is 0.277 e. The van der Waals surface area contributed by atoms with Crippen LogP contribution in [0.4, 0.5) is 4.39 Å². The number of aryl methyl sites for hydroxylation is 2. The highest BCUT2D eigenvalue weighted by molar-refractivity contribution is 6.07. The molecule has 5 nitrogen and oxygen atoms in total. The summed E-state index contributed by atoms with van der Waals surface area (Å²) < 4.78 is 15.0. The Labute approximate surface area is 115 Å². The van der Waals surface area contributed by atoms with E-state index in [0.29, 0.717) is 11.3 Å². The summed E-state index contributed by atoms with van der Waals surface area (Å²) in [6.45, 7) is 1.61. The Bertz CT molecular complexity index is 630. The summed E-state index contributed by atoms with van der Waals surface area (Å²) in [5.41, 5.74) is 0.785. The second-order valence-electron chi connectivity index (χ2n) is 5.06. The van der Waals surface area contributed by atoms with Crippen LogP contribution < -0.4 is 0 Å². The van der Waals surface area contributed by atoms with Crippen LogP contribution in [0.15, 0.2) is 24.3 Å². The molecule has 0 aromatic carbocycles. The number of amides is 2. The molecule has 0 spiro atoms. The lowest BCUT2D eigenvalue weighted by atomic mass is 9.91. The Kier molecular flexibility index (Phi) is 2.81. The first-order valence-corrected chi connectivity index (χ1v) is 6.39. The highest BCUT2D eigenvalue weighted by Crippen LogP contribution is 2.32. The molecule has 1 saturated heterocycles. The van der Waals surface area contributed by atoms with Gasteiger partial charge in [-0.15, -0.1) is 0 Å². The topological polar surface area (TPSA) is 55.2 Å². The Balaban J connectivity index is 1.92. The molecule has 2 amide bonds. The molecule has 0 bridgehead atoms. The molecule has 20 heavy (non-hydrogen) atoms. The molecule has 0 N–H and O–H groups in total. The van der Waals surface area contributed by atoms with Crippen molar-refractivity contribution in [3.63, 3.8) is 0 Å². The predicted molar refractivity (Wildman–Crippen MR) is 68.7 cm³/mol. The zero-order valence-corrected chi connectivity index (χ0v) is 11.2. The quantitative estimate of drug-likeness (QED) is 0.759. The number of halogens is 1. The molecule has 2 heterocycles. The van der Waals surface area contributed by atoms with Gasteiger partial charge < -0.3 is 0 Å². The van der Waals surface area contributed by atoms with Crippen molar-refractivity contribution in [1.29, 1.82) is 0 Å². The molecule has 6 heteroatoms. The molecule has 1 aliphatic carbocycles. The maximum Gasteiger partial charge on any atom is 0.237 e. The van der Waals surface area contributed by atoms with Gasteiger partial charge in [0.1, 0.15) is 0 Å². The molecule has 1 fully saturated rings. The van der Waals surface area contributed by atoms with Crippen LogP contribution >= 0.6 is 0 Å². The summed E-state index contributed by atoms with van der Waals surface area (Å²) in [5, 5.41) is 3.96. The minimum Gasteiger partial charge on any atom is -0.277 e. The van der Waals surface area contributed by atoms with Gasteiger partial charge in [0.05, 0.1) is 24.1 Å². The van der Waals surface area contributed by atoms with E-state index in [0.717, 1.165) is 9.58 Å². The normalized spacial score (nSPS) is 24.6. The molecule has 1 aromatic rings. The van der Waals surface area contributed by atoms with E-state index in [4.69, 9.17) is 0 Å². The van der Waals surface area contributed by atoms with E-state index >= 15 is 0 Å². The number of carbonyl (C=O) groups is 2. The van der Waals surface area contributed by atoms with Gasteiger partial charge in [0.15, 0.2) is 0 Å². The van der Waals surface area contributed by atoms with E-state index in [1.54, 1.807) is 31.2 Å². The molecule has 3 rings (SSSR count). The molecule has 2 atom stereocenters. The second-order valence-corrected chi connectivity index (χ2v) is 5.06. The summed E-state index contributed by atoms with van der Waals surface area (Å²) >= 11 is 0. The molecule has 1 aliphatic heterocycles. The van der Waals surface area contributed by atoms with Crippen molar-refractivity contribution in [2.24, 2.45) is 18.9 Å². The van der Waals surface area contributed by atoms with Crippen LogP contribution in [0.3, 0.4) is 0 Å². The van der Waals surface area contributed by atoms with Gasteiger partial charge >= 0.3 is 0 Å². The Morgan fingerprint density at radius 2 is 1.75 bits per heavy atom. The van der Waals surface area contributed by atoms with E-state index in [1.165, 1.54) is 7.05 Å². The smallest absolute Gasteiger partial charge is 0.237 e. The SMILES string of the molecule is Cc1nn(C)c(F)c1CN1C(=O)C2C=CC=CC2C1=O. The highest BCUT2D eigenvalue weighted by atomic mass is 19.1. The Morgan fingerprint density at radius 1 is 1.20 bits per heavy atom. The maximum absolute atomic E-state index is 13.9. The molecule has 0 saturated carbocycles.